The smallest absolute Gasteiger partial charge is 0.112 e. The number of nitrogens with zero attached hydrogens (tertiary/aromatic N) is 1. The molecule has 0 spiro atoms. The molecule has 0 aliphatic heterocycles. The maximum Gasteiger partial charge on any atom is 0.112 e. The Morgan fingerprint density at radius 1 is 1.50 bits per heavy atom. The first-order valence-electron chi connectivity index (χ1n) is 4.75. The van der Waals surface area contributed by atoms with E-state index in [1.165, 1.54) is 0 Å². The Balaban J connectivity index is 2.04. The molecule has 0 unspecified atom stereocenters. The summed E-state index contributed by atoms with van der Waals surface area (Å²) in [4.78, 5) is 4.38. The van der Waals surface area contributed by atoms with Gasteiger partial charge in [-0.2, -0.15) is 0 Å². The zero-order valence-electron chi connectivity index (χ0n) is 8.63. The summed E-state index contributed by atoms with van der Waals surface area (Å²) in [5.41, 5.74) is 1.99. The molecule has 1 aromatic carbocycles. The SMILES string of the molecule is Cc1csc(CNc2ccc(Br)cc2Cl)n1. The monoisotopic (exact) mass is 316 g/mol. The number of nitrogens with one attached hydrogen (secondary N) is 1. The Hall–Kier alpha value is -0.580. The van der Waals surface area contributed by atoms with E-state index in [0.717, 1.165) is 20.9 Å². The highest BCUT2D eigenvalue weighted by Crippen LogP contribution is 2.26. The quantitative estimate of drug-likeness (QED) is 0.903. The molecule has 2 aromatic rings. The van der Waals surface area contributed by atoms with E-state index in [-0.39, 0.29) is 0 Å². The van der Waals surface area contributed by atoms with Crippen LogP contribution >= 0.6 is 38.9 Å². The molecule has 0 radical (unpaired) electrons. The van der Waals surface area contributed by atoms with Crippen molar-refractivity contribution in [1.29, 1.82) is 0 Å². The third-order valence-electron chi connectivity index (χ3n) is 2.03. The van der Waals surface area contributed by atoms with Crippen LogP contribution in [-0.2, 0) is 6.54 Å². The third-order valence-corrected chi connectivity index (χ3v) is 3.80. The van der Waals surface area contributed by atoms with E-state index < -0.39 is 0 Å². The van der Waals surface area contributed by atoms with Crippen LogP contribution in [0.15, 0.2) is 28.1 Å². The van der Waals surface area contributed by atoms with Crippen molar-refractivity contribution in [1.82, 2.24) is 4.98 Å². The number of benzene rings is 1. The number of halogens is 2. The second-order valence-electron chi connectivity index (χ2n) is 3.36. The molecule has 5 heteroatoms. The van der Waals surface area contributed by atoms with E-state index in [2.05, 4.69) is 26.2 Å². The molecule has 0 saturated heterocycles. The van der Waals surface area contributed by atoms with Gasteiger partial charge in [0.05, 0.1) is 17.3 Å². The molecule has 0 aliphatic carbocycles. The second-order valence-corrected chi connectivity index (χ2v) is 5.63. The predicted molar refractivity (Wildman–Crippen MR) is 73.3 cm³/mol. The van der Waals surface area contributed by atoms with E-state index in [4.69, 9.17) is 11.6 Å². The highest BCUT2D eigenvalue weighted by Gasteiger charge is 2.02. The molecule has 1 N–H and O–H groups in total. The lowest BCUT2D eigenvalue weighted by Crippen LogP contribution is -1.99. The first-order chi connectivity index (χ1) is 7.65. The molecular weight excluding hydrogens is 308 g/mol. The van der Waals surface area contributed by atoms with Crippen LogP contribution in [-0.4, -0.2) is 4.98 Å². The first kappa shape index (κ1) is 11.9. The minimum atomic E-state index is 0.708. The summed E-state index contributed by atoms with van der Waals surface area (Å²) in [5, 5.41) is 7.08. The molecule has 0 amide bonds. The van der Waals surface area contributed by atoms with Crippen LogP contribution < -0.4 is 5.32 Å². The number of rotatable bonds is 3. The van der Waals surface area contributed by atoms with Crippen LogP contribution in [0, 0.1) is 6.92 Å². The minimum absolute atomic E-state index is 0.708. The summed E-state index contributed by atoms with van der Waals surface area (Å²) >= 11 is 11.1. The number of aromatic nitrogens is 1. The van der Waals surface area contributed by atoms with Gasteiger partial charge in [-0.15, -0.1) is 11.3 Å². The molecule has 0 bridgehead atoms. The average Bonchev–Trinajstić information content (AvgIpc) is 2.63. The van der Waals surface area contributed by atoms with Crippen LogP contribution in [0.2, 0.25) is 5.02 Å². The van der Waals surface area contributed by atoms with Gasteiger partial charge in [0.2, 0.25) is 0 Å². The Morgan fingerprint density at radius 2 is 2.31 bits per heavy atom. The Kier molecular flexibility index (Phi) is 3.84. The molecule has 0 atom stereocenters. The van der Waals surface area contributed by atoms with E-state index >= 15 is 0 Å². The molecular formula is C11H10BrClN2S. The van der Waals surface area contributed by atoms with Crippen LogP contribution in [0.5, 0.6) is 0 Å². The molecule has 0 aliphatic rings. The summed E-state index contributed by atoms with van der Waals surface area (Å²) < 4.78 is 0.980. The normalized spacial score (nSPS) is 10.4. The predicted octanol–water partition coefficient (Wildman–Crippen LogP) is 4.48. The van der Waals surface area contributed by atoms with Crippen molar-refractivity contribution in [3.05, 3.63) is 43.8 Å². The van der Waals surface area contributed by atoms with Crippen molar-refractivity contribution < 1.29 is 0 Å². The van der Waals surface area contributed by atoms with Gasteiger partial charge in [-0.3, -0.25) is 0 Å². The fourth-order valence-corrected chi connectivity index (χ4v) is 2.74. The van der Waals surface area contributed by atoms with E-state index in [9.17, 15) is 0 Å². The molecule has 2 rings (SSSR count). The van der Waals surface area contributed by atoms with Gasteiger partial charge in [0, 0.05) is 15.5 Å². The van der Waals surface area contributed by atoms with E-state index in [1.54, 1.807) is 11.3 Å². The summed E-state index contributed by atoms with van der Waals surface area (Å²) in [5.74, 6) is 0. The van der Waals surface area contributed by atoms with Crippen molar-refractivity contribution in [2.45, 2.75) is 13.5 Å². The Labute approximate surface area is 112 Å². The zero-order chi connectivity index (χ0) is 11.5. The number of aryl methyl sites for hydroxylation is 1. The zero-order valence-corrected chi connectivity index (χ0v) is 11.8. The molecule has 1 heterocycles. The molecule has 0 saturated carbocycles. The molecule has 16 heavy (non-hydrogen) atoms. The lowest BCUT2D eigenvalue weighted by atomic mass is 10.3. The number of anilines is 1. The van der Waals surface area contributed by atoms with Crippen molar-refractivity contribution in [2.75, 3.05) is 5.32 Å². The number of hydrogen-bond acceptors (Lipinski definition) is 3. The summed E-state index contributed by atoms with van der Waals surface area (Å²) in [6.45, 7) is 2.70. The molecule has 84 valence electrons. The maximum absolute atomic E-state index is 6.09. The van der Waals surface area contributed by atoms with Crippen molar-refractivity contribution in [3.63, 3.8) is 0 Å². The van der Waals surface area contributed by atoms with Gasteiger partial charge in [-0.1, -0.05) is 27.5 Å². The molecule has 1 aromatic heterocycles. The van der Waals surface area contributed by atoms with E-state index in [1.807, 2.05) is 30.5 Å². The van der Waals surface area contributed by atoms with Gasteiger partial charge in [0.1, 0.15) is 5.01 Å². The first-order valence-corrected chi connectivity index (χ1v) is 6.80. The number of thiazole rings is 1. The van der Waals surface area contributed by atoms with Crippen LogP contribution in [0.3, 0.4) is 0 Å². The van der Waals surface area contributed by atoms with Crippen molar-refractivity contribution in [3.8, 4) is 0 Å². The Bertz CT molecular complexity index is 498. The second kappa shape index (κ2) is 5.17. The van der Waals surface area contributed by atoms with Crippen LogP contribution in [0.4, 0.5) is 5.69 Å². The van der Waals surface area contributed by atoms with Crippen molar-refractivity contribution in [2.24, 2.45) is 0 Å². The summed E-state index contributed by atoms with van der Waals surface area (Å²) in [6, 6.07) is 5.78. The van der Waals surface area contributed by atoms with Gasteiger partial charge in [-0.25, -0.2) is 4.98 Å². The lowest BCUT2D eigenvalue weighted by molar-refractivity contribution is 1.08. The van der Waals surface area contributed by atoms with Crippen molar-refractivity contribution >= 4 is 44.6 Å². The topological polar surface area (TPSA) is 24.9 Å². The number of hydrogen-bond donors (Lipinski definition) is 1. The minimum Gasteiger partial charge on any atom is -0.377 e. The standard InChI is InChI=1S/C11H10BrClN2S/c1-7-6-16-11(15-7)5-14-10-3-2-8(12)4-9(10)13/h2-4,6,14H,5H2,1H3. The average molecular weight is 318 g/mol. The van der Waals surface area contributed by atoms with Gasteiger partial charge in [-0.05, 0) is 25.1 Å². The fourth-order valence-electron chi connectivity index (χ4n) is 1.29. The lowest BCUT2D eigenvalue weighted by Gasteiger charge is -2.06. The van der Waals surface area contributed by atoms with Gasteiger partial charge in [0.25, 0.3) is 0 Å². The van der Waals surface area contributed by atoms with Crippen LogP contribution in [0.1, 0.15) is 10.7 Å². The molecule has 2 nitrogen and oxygen atoms in total. The van der Waals surface area contributed by atoms with Gasteiger partial charge < -0.3 is 5.32 Å². The summed E-state index contributed by atoms with van der Waals surface area (Å²) in [6.07, 6.45) is 0. The maximum atomic E-state index is 6.09. The fraction of sp³-hybridized carbons (Fsp3) is 0.182. The molecule has 0 fully saturated rings. The highest BCUT2D eigenvalue weighted by molar-refractivity contribution is 9.10. The summed E-state index contributed by atoms with van der Waals surface area (Å²) in [7, 11) is 0. The largest absolute Gasteiger partial charge is 0.377 e. The van der Waals surface area contributed by atoms with Crippen LogP contribution in [0.25, 0.3) is 0 Å². The third kappa shape index (κ3) is 2.97. The van der Waals surface area contributed by atoms with Gasteiger partial charge in [0.15, 0.2) is 0 Å². The highest BCUT2D eigenvalue weighted by atomic mass is 79.9. The van der Waals surface area contributed by atoms with E-state index in [0.29, 0.717) is 11.6 Å². The van der Waals surface area contributed by atoms with Gasteiger partial charge >= 0.3 is 0 Å². The Morgan fingerprint density at radius 3 is 2.94 bits per heavy atom.